The Hall–Kier alpha value is -2.84. The molecule has 5 nitrogen and oxygen atoms in total. The average Bonchev–Trinajstić information content (AvgIpc) is 2.56. The number of benzene rings is 1. The van der Waals surface area contributed by atoms with Gasteiger partial charge < -0.3 is 14.4 Å². The van der Waals surface area contributed by atoms with Crippen molar-refractivity contribution in [1.82, 2.24) is 9.88 Å². The lowest BCUT2D eigenvalue weighted by molar-refractivity contribution is -0.143. The van der Waals surface area contributed by atoms with Gasteiger partial charge in [-0.15, -0.1) is 0 Å². The Bertz CT molecular complexity index is 774. The van der Waals surface area contributed by atoms with Gasteiger partial charge in [0, 0.05) is 6.07 Å². The second kappa shape index (κ2) is 7.19. The molecular formula is C17H14F4N2O3. The van der Waals surface area contributed by atoms with E-state index in [1.165, 1.54) is 41.3 Å². The number of aromatic nitrogens is 1. The van der Waals surface area contributed by atoms with Gasteiger partial charge in [0.15, 0.2) is 6.61 Å². The van der Waals surface area contributed by atoms with Crippen LogP contribution < -0.4 is 9.47 Å². The molecule has 1 aliphatic rings. The summed E-state index contributed by atoms with van der Waals surface area (Å²) < 4.78 is 61.2. The van der Waals surface area contributed by atoms with Crippen LogP contribution in [0.4, 0.5) is 17.6 Å². The summed E-state index contributed by atoms with van der Waals surface area (Å²) in [7, 11) is 0. The molecular weight excluding hydrogens is 356 g/mol. The molecule has 0 unspecified atom stereocenters. The first-order valence-electron chi connectivity index (χ1n) is 7.68. The number of amides is 1. The van der Waals surface area contributed by atoms with Gasteiger partial charge in [0.25, 0.3) is 5.91 Å². The van der Waals surface area contributed by atoms with Crippen molar-refractivity contribution in [2.75, 3.05) is 19.7 Å². The van der Waals surface area contributed by atoms with Gasteiger partial charge in [-0.05, 0) is 30.3 Å². The standard InChI is InChI=1S/C17H14F4N2O3/c18-11-4-6-12(7-5-11)25-10-16(24)23-8-13(9-23)26-15-3-1-2-14(22-15)17(19,20)21/h1-7,13H,8-10H2. The number of hydrogen-bond donors (Lipinski definition) is 0. The molecule has 0 saturated carbocycles. The number of halogens is 4. The van der Waals surface area contributed by atoms with Crippen LogP contribution in [0.1, 0.15) is 5.69 Å². The van der Waals surface area contributed by atoms with Gasteiger partial charge in [-0.1, -0.05) is 6.07 Å². The largest absolute Gasteiger partial charge is 0.484 e. The zero-order valence-corrected chi connectivity index (χ0v) is 13.4. The number of hydrogen-bond acceptors (Lipinski definition) is 4. The van der Waals surface area contributed by atoms with Crippen LogP contribution in [0, 0.1) is 5.82 Å². The van der Waals surface area contributed by atoms with Crippen molar-refractivity contribution in [3.05, 3.63) is 54.0 Å². The molecule has 1 aliphatic heterocycles. The summed E-state index contributed by atoms with van der Waals surface area (Å²) in [5.74, 6) is -0.485. The highest BCUT2D eigenvalue weighted by atomic mass is 19.4. The SMILES string of the molecule is O=C(COc1ccc(F)cc1)N1CC(Oc2cccc(C(F)(F)F)n2)C1. The molecule has 0 spiro atoms. The quantitative estimate of drug-likeness (QED) is 0.760. The number of alkyl halides is 3. The second-order valence-corrected chi connectivity index (χ2v) is 5.64. The van der Waals surface area contributed by atoms with Crippen LogP contribution >= 0.6 is 0 Å². The van der Waals surface area contributed by atoms with Gasteiger partial charge in [-0.25, -0.2) is 9.37 Å². The number of pyridine rings is 1. The van der Waals surface area contributed by atoms with E-state index in [0.29, 0.717) is 5.75 Å². The topological polar surface area (TPSA) is 51.7 Å². The Balaban J connectivity index is 1.45. The summed E-state index contributed by atoms with van der Waals surface area (Å²) in [6, 6.07) is 8.65. The van der Waals surface area contributed by atoms with Gasteiger partial charge >= 0.3 is 6.18 Å². The van der Waals surface area contributed by atoms with Crippen molar-refractivity contribution in [2.24, 2.45) is 0 Å². The molecule has 0 atom stereocenters. The minimum atomic E-state index is -4.54. The molecule has 2 aromatic rings. The predicted octanol–water partition coefficient (Wildman–Crippen LogP) is 2.91. The maximum Gasteiger partial charge on any atom is 0.433 e. The van der Waals surface area contributed by atoms with E-state index in [4.69, 9.17) is 9.47 Å². The highest BCUT2D eigenvalue weighted by Crippen LogP contribution is 2.29. The number of ether oxygens (including phenoxy) is 2. The zero-order valence-electron chi connectivity index (χ0n) is 13.4. The normalized spacial score (nSPS) is 14.7. The fourth-order valence-electron chi connectivity index (χ4n) is 2.29. The van der Waals surface area contributed by atoms with Crippen LogP contribution in [-0.4, -0.2) is 41.6 Å². The molecule has 2 heterocycles. The summed E-state index contributed by atoms with van der Waals surface area (Å²) >= 11 is 0. The lowest BCUT2D eigenvalue weighted by Gasteiger charge is -2.38. The fourth-order valence-corrected chi connectivity index (χ4v) is 2.29. The number of carbonyl (C=O) groups excluding carboxylic acids is 1. The van der Waals surface area contributed by atoms with E-state index in [2.05, 4.69) is 4.98 Å². The summed E-state index contributed by atoms with van der Waals surface area (Å²) in [4.78, 5) is 16.8. The third kappa shape index (κ3) is 4.41. The van der Waals surface area contributed by atoms with Crippen molar-refractivity contribution in [1.29, 1.82) is 0 Å². The Morgan fingerprint density at radius 1 is 1.15 bits per heavy atom. The summed E-state index contributed by atoms with van der Waals surface area (Å²) in [5, 5.41) is 0. The average molecular weight is 370 g/mol. The highest BCUT2D eigenvalue weighted by Gasteiger charge is 2.35. The second-order valence-electron chi connectivity index (χ2n) is 5.64. The van der Waals surface area contributed by atoms with Crippen molar-refractivity contribution in [3.8, 4) is 11.6 Å². The monoisotopic (exact) mass is 370 g/mol. The minimum Gasteiger partial charge on any atom is -0.484 e. The molecule has 1 fully saturated rings. The van der Waals surface area contributed by atoms with Crippen molar-refractivity contribution in [2.45, 2.75) is 12.3 Å². The van der Waals surface area contributed by atoms with Crippen LogP contribution in [0.15, 0.2) is 42.5 Å². The summed E-state index contributed by atoms with van der Waals surface area (Å²) in [5.41, 5.74) is -1.03. The molecule has 0 bridgehead atoms. The molecule has 0 radical (unpaired) electrons. The van der Waals surface area contributed by atoms with Crippen molar-refractivity contribution < 1.29 is 31.8 Å². The molecule has 0 aliphatic carbocycles. The maximum atomic E-state index is 12.8. The molecule has 0 N–H and O–H groups in total. The van der Waals surface area contributed by atoms with E-state index in [-0.39, 0.29) is 31.5 Å². The van der Waals surface area contributed by atoms with E-state index in [9.17, 15) is 22.4 Å². The maximum absolute atomic E-state index is 12.8. The fraction of sp³-hybridized carbons (Fsp3) is 0.294. The van der Waals surface area contributed by atoms with E-state index >= 15 is 0 Å². The van der Waals surface area contributed by atoms with Gasteiger partial charge in [-0.2, -0.15) is 13.2 Å². The number of nitrogens with zero attached hydrogens (tertiary/aromatic N) is 2. The Morgan fingerprint density at radius 2 is 1.85 bits per heavy atom. The first-order valence-corrected chi connectivity index (χ1v) is 7.68. The third-order valence-electron chi connectivity index (χ3n) is 3.68. The Morgan fingerprint density at radius 3 is 2.50 bits per heavy atom. The van der Waals surface area contributed by atoms with Crippen molar-refractivity contribution in [3.63, 3.8) is 0 Å². The van der Waals surface area contributed by atoms with Crippen LogP contribution in [0.25, 0.3) is 0 Å². The molecule has 9 heteroatoms. The zero-order chi connectivity index (χ0) is 18.7. The first-order chi connectivity index (χ1) is 12.3. The molecule has 1 amide bonds. The number of carbonyl (C=O) groups is 1. The third-order valence-corrected chi connectivity index (χ3v) is 3.68. The lowest BCUT2D eigenvalue weighted by Crippen LogP contribution is -2.57. The number of rotatable bonds is 5. The molecule has 138 valence electrons. The van der Waals surface area contributed by atoms with Crippen LogP contribution in [0.2, 0.25) is 0 Å². The molecule has 26 heavy (non-hydrogen) atoms. The highest BCUT2D eigenvalue weighted by molar-refractivity contribution is 5.78. The van der Waals surface area contributed by atoms with Gasteiger partial charge in [0.2, 0.25) is 5.88 Å². The summed E-state index contributed by atoms with van der Waals surface area (Å²) in [6.45, 7) is 0.229. The van der Waals surface area contributed by atoms with Crippen LogP contribution in [-0.2, 0) is 11.0 Å². The van der Waals surface area contributed by atoms with E-state index < -0.39 is 23.8 Å². The first kappa shape index (κ1) is 18.0. The van der Waals surface area contributed by atoms with Crippen molar-refractivity contribution >= 4 is 5.91 Å². The van der Waals surface area contributed by atoms with Gasteiger partial charge in [0.1, 0.15) is 23.4 Å². The van der Waals surface area contributed by atoms with Crippen LogP contribution in [0.5, 0.6) is 11.6 Å². The predicted molar refractivity (Wildman–Crippen MR) is 82.1 cm³/mol. The molecule has 1 aromatic heterocycles. The Kier molecular flexibility index (Phi) is 4.97. The van der Waals surface area contributed by atoms with E-state index in [1.54, 1.807) is 0 Å². The molecule has 1 aromatic carbocycles. The Labute approximate surface area is 146 Å². The summed E-state index contributed by atoms with van der Waals surface area (Å²) in [6.07, 6.45) is -4.97. The van der Waals surface area contributed by atoms with E-state index in [0.717, 1.165) is 6.07 Å². The van der Waals surface area contributed by atoms with Gasteiger partial charge in [-0.3, -0.25) is 4.79 Å². The van der Waals surface area contributed by atoms with Crippen LogP contribution in [0.3, 0.4) is 0 Å². The smallest absolute Gasteiger partial charge is 0.433 e. The van der Waals surface area contributed by atoms with Gasteiger partial charge in [0.05, 0.1) is 13.1 Å². The van der Waals surface area contributed by atoms with E-state index in [1.807, 2.05) is 0 Å². The number of likely N-dealkylation sites (tertiary alicyclic amines) is 1. The minimum absolute atomic E-state index is 0.139. The molecule has 1 saturated heterocycles. The molecule has 3 rings (SSSR count). The lowest BCUT2D eigenvalue weighted by atomic mass is 10.1.